The quantitative estimate of drug-likeness (QED) is 0.646. The summed E-state index contributed by atoms with van der Waals surface area (Å²) in [6, 6.07) is 18.9. The third kappa shape index (κ3) is 3.53. The zero-order chi connectivity index (χ0) is 20.5. The Balaban J connectivity index is 1.77. The van der Waals surface area contributed by atoms with Gasteiger partial charge in [0.15, 0.2) is 6.17 Å². The second-order valence-electron chi connectivity index (χ2n) is 6.82. The molecule has 0 aliphatic carbocycles. The number of rotatable bonds is 4. The van der Waals surface area contributed by atoms with Gasteiger partial charge < -0.3 is 19.5 Å². The van der Waals surface area contributed by atoms with Crippen molar-refractivity contribution < 1.29 is 14.0 Å². The molecule has 148 valence electrons. The van der Waals surface area contributed by atoms with Gasteiger partial charge in [0.25, 0.3) is 5.91 Å². The lowest BCUT2D eigenvalue weighted by molar-refractivity contribution is -0.119. The van der Waals surface area contributed by atoms with E-state index in [1.54, 1.807) is 25.1 Å². The number of para-hydroxylation sites is 1. The highest BCUT2D eigenvalue weighted by Crippen LogP contribution is 2.39. The maximum absolute atomic E-state index is 13.0. The molecule has 0 saturated heterocycles. The fraction of sp³-hybridized carbons (Fsp3) is 0.182. The largest absolute Gasteiger partial charge is 0.457 e. The highest BCUT2D eigenvalue weighted by Gasteiger charge is 2.38. The maximum atomic E-state index is 13.0. The van der Waals surface area contributed by atoms with Crippen molar-refractivity contribution in [2.45, 2.75) is 6.17 Å². The number of anilines is 1. The molecule has 0 radical (unpaired) electrons. The van der Waals surface area contributed by atoms with E-state index in [1.807, 2.05) is 59.5 Å². The molecule has 1 aromatic heterocycles. The lowest BCUT2D eigenvalue weighted by Crippen LogP contribution is -2.50. The Bertz CT molecular complexity index is 1060. The molecule has 0 saturated carbocycles. The number of hydrogen-bond donors (Lipinski definition) is 1. The Morgan fingerprint density at radius 1 is 1.10 bits per heavy atom. The fourth-order valence-electron chi connectivity index (χ4n) is 3.56. The number of halogens is 1. The molecular weight excluding hydrogens is 434 g/mol. The SMILES string of the molecule is CNC(=O)CN1c2ccccc2C(=O)N(C)[C@@H]1c1ccc(-c2ccc(Br)cc2)o1. The number of nitrogens with one attached hydrogen (secondary N) is 1. The van der Waals surface area contributed by atoms with Crippen molar-refractivity contribution in [1.29, 1.82) is 0 Å². The minimum absolute atomic E-state index is 0.101. The molecule has 3 aromatic rings. The molecule has 1 atom stereocenters. The predicted octanol–water partition coefficient (Wildman–Crippen LogP) is 4.05. The van der Waals surface area contributed by atoms with Crippen molar-refractivity contribution >= 4 is 33.4 Å². The van der Waals surface area contributed by atoms with Gasteiger partial charge in [0, 0.05) is 24.1 Å². The second-order valence-corrected chi connectivity index (χ2v) is 7.73. The predicted molar refractivity (Wildman–Crippen MR) is 115 cm³/mol. The molecule has 7 heteroatoms. The van der Waals surface area contributed by atoms with E-state index in [1.165, 1.54) is 0 Å². The van der Waals surface area contributed by atoms with Gasteiger partial charge in [0.2, 0.25) is 5.91 Å². The summed E-state index contributed by atoms with van der Waals surface area (Å²) in [5.41, 5.74) is 2.21. The summed E-state index contributed by atoms with van der Waals surface area (Å²) in [6.07, 6.45) is -0.529. The van der Waals surface area contributed by atoms with E-state index in [9.17, 15) is 9.59 Å². The number of benzene rings is 2. The molecule has 6 nitrogen and oxygen atoms in total. The lowest BCUT2D eigenvalue weighted by atomic mass is 10.0. The average Bonchev–Trinajstić information content (AvgIpc) is 3.22. The number of fused-ring (bicyclic) bond motifs is 1. The van der Waals surface area contributed by atoms with Crippen LogP contribution in [0.2, 0.25) is 0 Å². The maximum Gasteiger partial charge on any atom is 0.257 e. The highest BCUT2D eigenvalue weighted by molar-refractivity contribution is 9.10. The number of likely N-dealkylation sites (N-methyl/N-ethyl adjacent to an activating group) is 1. The van der Waals surface area contributed by atoms with Gasteiger partial charge in [0.1, 0.15) is 11.5 Å². The molecule has 0 fully saturated rings. The molecule has 2 aromatic carbocycles. The van der Waals surface area contributed by atoms with Gasteiger partial charge in [-0.25, -0.2) is 0 Å². The number of carbonyl (C=O) groups excluding carboxylic acids is 2. The molecule has 29 heavy (non-hydrogen) atoms. The van der Waals surface area contributed by atoms with Crippen LogP contribution in [0.4, 0.5) is 5.69 Å². The van der Waals surface area contributed by atoms with Crippen LogP contribution in [0.25, 0.3) is 11.3 Å². The Labute approximate surface area is 177 Å². The van der Waals surface area contributed by atoms with Gasteiger partial charge >= 0.3 is 0 Å². The Morgan fingerprint density at radius 2 is 1.83 bits per heavy atom. The summed E-state index contributed by atoms with van der Waals surface area (Å²) in [5, 5.41) is 2.66. The number of furan rings is 1. The van der Waals surface area contributed by atoms with E-state index in [0.29, 0.717) is 22.8 Å². The molecule has 0 unspecified atom stereocenters. The van der Waals surface area contributed by atoms with Crippen LogP contribution in [0.3, 0.4) is 0 Å². The van der Waals surface area contributed by atoms with E-state index in [2.05, 4.69) is 21.2 Å². The second kappa shape index (κ2) is 7.75. The molecule has 0 bridgehead atoms. The van der Waals surface area contributed by atoms with E-state index in [4.69, 9.17) is 4.42 Å². The molecule has 1 N–H and O–H groups in total. The molecule has 2 amide bonds. The Hall–Kier alpha value is -3.06. The first-order chi connectivity index (χ1) is 14.0. The fourth-order valence-corrected chi connectivity index (χ4v) is 3.82. The molecule has 1 aliphatic rings. The van der Waals surface area contributed by atoms with Crippen molar-refractivity contribution in [3.8, 4) is 11.3 Å². The monoisotopic (exact) mass is 453 g/mol. The van der Waals surface area contributed by atoms with Crippen molar-refractivity contribution in [2.24, 2.45) is 0 Å². The lowest BCUT2D eigenvalue weighted by Gasteiger charge is -2.42. The topological polar surface area (TPSA) is 65.8 Å². The highest BCUT2D eigenvalue weighted by atomic mass is 79.9. The first kappa shape index (κ1) is 19.3. The van der Waals surface area contributed by atoms with Crippen LogP contribution in [0, 0.1) is 0 Å². The van der Waals surface area contributed by atoms with Crippen molar-refractivity contribution in [2.75, 3.05) is 25.5 Å². The van der Waals surface area contributed by atoms with Crippen LogP contribution >= 0.6 is 15.9 Å². The van der Waals surface area contributed by atoms with E-state index < -0.39 is 6.17 Å². The van der Waals surface area contributed by atoms with Crippen LogP contribution < -0.4 is 10.2 Å². The van der Waals surface area contributed by atoms with E-state index >= 15 is 0 Å². The summed E-state index contributed by atoms with van der Waals surface area (Å²) in [5.74, 6) is 1.04. The van der Waals surface area contributed by atoms with Crippen molar-refractivity contribution in [3.63, 3.8) is 0 Å². The zero-order valence-corrected chi connectivity index (χ0v) is 17.6. The first-order valence-electron chi connectivity index (χ1n) is 9.18. The molecule has 1 aliphatic heterocycles. The van der Waals surface area contributed by atoms with Crippen LogP contribution in [-0.2, 0) is 4.79 Å². The summed E-state index contributed by atoms with van der Waals surface area (Å²) >= 11 is 3.43. The average molecular weight is 454 g/mol. The third-order valence-corrected chi connectivity index (χ3v) is 5.56. The van der Waals surface area contributed by atoms with Gasteiger partial charge in [-0.05, 0) is 36.4 Å². The van der Waals surface area contributed by atoms with E-state index in [-0.39, 0.29) is 18.4 Å². The van der Waals surface area contributed by atoms with Gasteiger partial charge in [0.05, 0.1) is 17.8 Å². The van der Waals surface area contributed by atoms with Crippen molar-refractivity contribution in [3.05, 3.63) is 76.5 Å². The van der Waals surface area contributed by atoms with Gasteiger partial charge in [-0.1, -0.05) is 40.2 Å². The summed E-state index contributed by atoms with van der Waals surface area (Å²) in [6.45, 7) is 0.101. The van der Waals surface area contributed by atoms with Crippen LogP contribution in [-0.4, -0.2) is 37.4 Å². The minimum Gasteiger partial charge on any atom is -0.457 e. The standard InChI is InChI=1S/C22H20BrN3O3/c1-24-20(27)13-26-17-6-4-3-5-16(17)22(28)25(2)21(26)19-12-11-18(29-19)14-7-9-15(23)10-8-14/h3-12,21H,13H2,1-2H3,(H,24,27)/t21-/m0/s1. The van der Waals surface area contributed by atoms with Crippen LogP contribution in [0.1, 0.15) is 22.3 Å². The smallest absolute Gasteiger partial charge is 0.257 e. The first-order valence-corrected chi connectivity index (χ1v) is 9.98. The van der Waals surface area contributed by atoms with Gasteiger partial charge in [-0.2, -0.15) is 0 Å². The van der Waals surface area contributed by atoms with Gasteiger partial charge in [-0.3, -0.25) is 9.59 Å². The number of carbonyl (C=O) groups is 2. The molecule has 0 spiro atoms. The molecule has 4 rings (SSSR count). The number of nitrogens with zero attached hydrogens (tertiary/aromatic N) is 2. The Morgan fingerprint density at radius 3 is 2.55 bits per heavy atom. The summed E-state index contributed by atoms with van der Waals surface area (Å²) in [7, 11) is 3.32. The van der Waals surface area contributed by atoms with Crippen LogP contribution in [0.5, 0.6) is 0 Å². The van der Waals surface area contributed by atoms with Gasteiger partial charge in [-0.15, -0.1) is 0 Å². The molecule has 2 heterocycles. The number of amides is 2. The zero-order valence-electron chi connectivity index (χ0n) is 16.1. The summed E-state index contributed by atoms with van der Waals surface area (Å²) < 4.78 is 7.13. The third-order valence-electron chi connectivity index (χ3n) is 5.03. The minimum atomic E-state index is -0.529. The normalized spacial score (nSPS) is 16.0. The van der Waals surface area contributed by atoms with E-state index in [0.717, 1.165) is 10.0 Å². The van der Waals surface area contributed by atoms with Crippen molar-refractivity contribution in [1.82, 2.24) is 10.2 Å². The van der Waals surface area contributed by atoms with Crippen LogP contribution in [0.15, 0.2) is 69.6 Å². The molecular formula is C22H20BrN3O3. The Kier molecular flexibility index (Phi) is 5.15. The number of hydrogen-bond acceptors (Lipinski definition) is 4. The summed E-state index contributed by atoms with van der Waals surface area (Å²) in [4.78, 5) is 28.7.